The second kappa shape index (κ2) is 12.0. The van der Waals surface area contributed by atoms with E-state index in [0.717, 1.165) is 24.8 Å². The highest BCUT2D eigenvalue weighted by molar-refractivity contribution is 6.31. The first kappa shape index (κ1) is 27.5. The highest BCUT2D eigenvalue weighted by Gasteiger charge is 2.27. The zero-order valence-electron chi connectivity index (χ0n) is 21.7. The third kappa shape index (κ3) is 6.40. The molecule has 1 atom stereocenters. The number of carboxylic acids is 1. The van der Waals surface area contributed by atoms with E-state index in [9.17, 15) is 24.6 Å². The number of ether oxygens (including phenoxy) is 2. The molecule has 0 saturated heterocycles. The maximum absolute atomic E-state index is 13.5. The van der Waals surface area contributed by atoms with Crippen molar-refractivity contribution >= 4 is 29.3 Å². The molecule has 2 aromatic carbocycles. The number of aromatic hydroxyl groups is 1. The molecule has 10 nitrogen and oxygen atoms in total. The molecule has 0 bridgehead atoms. The van der Waals surface area contributed by atoms with Crippen LogP contribution in [-0.2, 0) is 28.9 Å². The maximum atomic E-state index is 13.5. The molecule has 3 aromatic rings. The molecule has 210 valence electrons. The number of benzene rings is 2. The van der Waals surface area contributed by atoms with Crippen molar-refractivity contribution in [2.45, 2.75) is 57.2 Å². The highest BCUT2D eigenvalue weighted by Crippen LogP contribution is 2.34. The van der Waals surface area contributed by atoms with Crippen LogP contribution in [0.15, 0.2) is 53.3 Å². The molecule has 0 aliphatic heterocycles. The second-order valence-corrected chi connectivity index (χ2v) is 10.3. The SMILES string of the molecule is O=C(O)C[C@H](NC(=O)Nc1c(O)c2c(n(Cc3ccccc3Cl)c1=O)CCC2)c1cccc(OCOC2CC2)c1. The van der Waals surface area contributed by atoms with E-state index in [2.05, 4.69) is 10.6 Å². The van der Waals surface area contributed by atoms with Crippen LogP contribution < -0.4 is 20.9 Å². The molecule has 1 aromatic heterocycles. The predicted molar refractivity (Wildman–Crippen MR) is 148 cm³/mol. The third-order valence-electron chi connectivity index (χ3n) is 7.02. The fraction of sp³-hybridized carbons (Fsp3) is 0.345. The molecule has 0 unspecified atom stereocenters. The summed E-state index contributed by atoms with van der Waals surface area (Å²) in [4.78, 5) is 38.2. The second-order valence-electron chi connectivity index (χ2n) is 9.93. The van der Waals surface area contributed by atoms with Gasteiger partial charge in [-0.25, -0.2) is 4.79 Å². The molecule has 1 saturated carbocycles. The highest BCUT2D eigenvalue weighted by atomic mass is 35.5. The van der Waals surface area contributed by atoms with Crippen LogP contribution >= 0.6 is 11.6 Å². The van der Waals surface area contributed by atoms with Crippen molar-refractivity contribution in [2.24, 2.45) is 0 Å². The molecule has 4 N–H and O–H groups in total. The van der Waals surface area contributed by atoms with Crippen LogP contribution in [0.1, 0.15) is 54.1 Å². The van der Waals surface area contributed by atoms with E-state index in [1.807, 2.05) is 12.1 Å². The first-order valence-electron chi connectivity index (χ1n) is 13.1. The smallest absolute Gasteiger partial charge is 0.319 e. The van der Waals surface area contributed by atoms with Gasteiger partial charge < -0.3 is 34.9 Å². The summed E-state index contributed by atoms with van der Waals surface area (Å²) in [6, 6.07) is 12.1. The number of amides is 2. The number of fused-ring (bicyclic) bond motifs is 1. The minimum absolute atomic E-state index is 0.0731. The zero-order chi connectivity index (χ0) is 28.2. The molecular weight excluding hydrogens is 538 g/mol. The number of halogens is 1. The number of nitrogens with one attached hydrogen (secondary N) is 2. The largest absolute Gasteiger partial charge is 0.505 e. The quantitative estimate of drug-likeness (QED) is 0.248. The lowest BCUT2D eigenvalue weighted by molar-refractivity contribution is -0.137. The Bertz CT molecular complexity index is 1480. The third-order valence-corrected chi connectivity index (χ3v) is 7.39. The van der Waals surface area contributed by atoms with Crippen LogP contribution in [0, 0.1) is 0 Å². The molecule has 0 spiro atoms. The van der Waals surface area contributed by atoms with E-state index in [1.165, 1.54) is 4.57 Å². The molecular formula is C29H30ClN3O7. The van der Waals surface area contributed by atoms with Gasteiger partial charge in [0.25, 0.3) is 5.56 Å². The van der Waals surface area contributed by atoms with Gasteiger partial charge in [0, 0.05) is 16.3 Å². The van der Waals surface area contributed by atoms with Crippen molar-refractivity contribution < 1.29 is 29.3 Å². The molecule has 1 heterocycles. The fourth-order valence-electron chi connectivity index (χ4n) is 4.86. The lowest BCUT2D eigenvalue weighted by atomic mass is 10.0. The maximum Gasteiger partial charge on any atom is 0.319 e. The summed E-state index contributed by atoms with van der Waals surface area (Å²) < 4.78 is 12.6. The van der Waals surface area contributed by atoms with Crippen LogP contribution in [0.4, 0.5) is 10.5 Å². The molecule has 1 fully saturated rings. The number of carboxylic acid groups (broad SMARTS) is 1. The number of nitrogens with zero attached hydrogens (tertiary/aromatic N) is 1. The molecule has 0 radical (unpaired) electrons. The standard InChI is InChI=1S/C29H30ClN3O7/c30-22-9-2-1-5-18(22)15-33-24-10-4-8-21(24)27(36)26(28(33)37)32-29(38)31-23(14-25(34)35)17-6-3-7-20(13-17)40-16-39-19-11-12-19/h1-3,5-7,9,13,19,23,36H,4,8,10-12,14-16H2,(H,34,35)(H2,31,32,38)/t23-/m0/s1. The van der Waals surface area contributed by atoms with E-state index in [4.69, 9.17) is 21.1 Å². The molecule has 11 heteroatoms. The van der Waals surface area contributed by atoms with Gasteiger partial charge in [-0.05, 0) is 61.4 Å². The van der Waals surface area contributed by atoms with E-state index < -0.39 is 30.0 Å². The van der Waals surface area contributed by atoms with E-state index in [0.29, 0.717) is 40.4 Å². The number of anilines is 1. The molecule has 40 heavy (non-hydrogen) atoms. The minimum Gasteiger partial charge on any atom is -0.505 e. The summed E-state index contributed by atoms with van der Waals surface area (Å²) in [6.07, 6.45) is 3.74. The first-order chi connectivity index (χ1) is 19.3. The van der Waals surface area contributed by atoms with Gasteiger partial charge in [0.2, 0.25) is 0 Å². The number of aromatic nitrogens is 1. The number of hydrogen-bond acceptors (Lipinski definition) is 6. The lowest BCUT2D eigenvalue weighted by Gasteiger charge is -2.21. The number of aliphatic carboxylic acids is 1. The monoisotopic (exact) mass is 567 g/mol. The Morgan fingerprint density at radius 3 is 2.67 bits per heavy atom. The van der Waals surface area contributed by atoms with Gasteiger partial charge in [0.05, 0.1) is 25.1 Å². The minimum atomic E-state index is -1.13. The van der Waals surface area contributed by atoms with Crippen molar-refractivity contribution in [2.75, 3.05) is 12.1 Å². The number of urea groups is 1. The number of carbonyl (C=O) groups is 2. The lowest BCUT2D eigenvalue weighted by Crippen LogP contribution is -2.37. The van der Waals surface area contributed by atoms with Gasteiger partial charge in [-0.2, -0.15) is 0 Å². The Labute approximate surface area is 235 Å². The van der Waals surface area contributed by atoms with E-state index in [1.54, 1.807) is 36.4 Å². The van der Waals surface area contributed by atoms with Gasteiger partial charge in [0.15, 0.2) is 12.5 Å². The number of hydrogen-bond donors (Lipinski definition) is 4. The average molecular weight is 568 g/mol. The van der Waals surface area contributed by atoms with E-state index >= 15 is 0 Å². The Hall–Kier alpha value is -4.02. The van der Waals surface area contributed by atoms with Crippen molar-refractivity contribution in [1.29, 1.82) is 0 Å². The van der Waals surface area contributed by atoms with Crippen LogP contribution in [-0.4, -0.2) is 39.7 Å². The van der Waals surface area contributed by atoms with Gasteiger partial charge in [-0.3, -0.25) is 9.59 Å². The Kier molecular flexibility index (Phi) is 8.27. The molecule has 5 rings (SSSR count). The summed E-state index contributed by atoms with van der Waals surface area (Å²) in [6.45, 7) is 0.250. The van der Waals surface area contributed by atoms with Gasteiger partial charge in [-0.15, -0.1) is 0 Å². The summed E-state index contributed by atoms with van der Waals surface area (Å²) in [5.74, 6) is -0.936. The normalized spacial score (nSPS) is 14.8. The topological polar surface area (TPSA) is 139 Å². The van der Waals surface area contributed by atoms with Gasteiger partial charge >= 0.3 is 12.0 Å². The van der Waals surface area contributed by atoms with Gasteiger partial charge in [0.1, 0.15) is 11.5 Å². The summed E-state index contributed by atoms with van der Waals surface area (Å²) >= 11 is 6.34. The molecule has 2 amide bonds. The average Bonchev–Trinajstić information content (AvgIpc) is 3.62. The number of carbonyl (C=O) groups excluding carboxylic acids is 1. The fourth-order valence-corrected chi connectivity index (χ4v) is 5.05. The van der Waals surface area contributed by atoms with Crippen LogP contribution in [0.2, 0.25) is 5.02 Å². The number of rotatable bonds is 11. The Morgan fingerprint density at radius 2 is 1.93 bits per heavy atom. The van der Waals surface area contributed by atoms with Crippen molar-refractivity contribution in [3.05, 3.63) is 86.3 Å². The van der Waals surface area contributed by atoms with Crippen LogP contribution in [0.3, 0.4) is 0 Å². The predicted octanol–water partition coefficient (Wildman–Crippen LogP) is 4.60. The van der Waals surface area contributed by atoms with Crippen molar-refractivity contribution in [1.82, 2.24) is 9.88 Å². The zero-order valence-corrected chi connectivity index (χ0v) is 22.4. The van der Waals surface area contributed by atoms with Crippen LogP contribution in [0.25, 0.3) is 0 Å². The summed E-state index contributed by atoms with van der Waals surface area (Å²) in [5, 5.41) is 26.0. The Morgan fingerprint density at radius 1 is 1.12 bits per heavy atom. The summed E-state index contributed by atoms with van der Waals surface area (Å²) in [5.41, 5.74) is 1.69. The molecule has 2 aliphatic carbocycles. The van der Waals surface area contributed by atoms with E-state index in [-0.39, 0.29) is 30.9 Å². The molecule has 2 aliphatic rings. The Balaban J connectivity index is 1.37. The van der Waals surface area contributed by atoms with Gasteiger partial charge in [-0.1, -0.05) is 41.9 Å². The first-order valence-corrected chi connectivity index (χ1v) is 13.5. The van der Waals surface area contributed by atoms with Crippen molar-refractivity contribution in [3.8, 4) is 11.5 Å². The summed E-state index contributed by atoms with van der Waals surface area (Å²) in [7, 11) is 0. The van der Waals surface area contributed by atoms with Crippen molar-refractivity contribution in [3.63, 3.8) is 0 Å². The van der Waals surface area contributed by atoms with Crippen LogP contribution in [0.5, 0.6) is 11.5 Å². The number of pyridine rings is 1.